The zero-order valence-electron chi connectivity index (χ0n) is 17.5. The predicted molar refractivity (Wildman–Crippen MR) is 105 cm³/mol. The van der Waals surface area contributed by atoms with Gasteiger partial charge in [0.2, 0.25) is 0 Å². The van der Waals surface area contributed by atoms with Crippen LogP contribution in [0.3, 0.4) is 0 Å². The lowest BCUT2D eigenvalue weighted by Gasteiger charge is -2.36. The number of carboxylic acid groups (broad SMARTS) is 1. The van der Waals surface area contributed by atoms with E-state index in [0.717, 1.165) is 11.3 Å². The molecule has 0 fully saturated rings. The highest BCUT2D eigenvalue weighted by atomic mass is 32.1. The first-order valence-electron chi connectivity index (χ1n) is 9.21. The summed E-state index contributed by atoms with van der Waals surface area (Å²) in [5.74, 6) is -1.60. The lowest BCUT2D eigenvalue weighted by molar-refractivity contribution is -0.147. The minimum absolute atomic E-state index is 0.0458. The van der Waals surface area contributed by atoms with Gasteiger partial charge in [-0.1, -0.05) is 13.8 Å². The first-order chi connectivity index (χ1) is 12.9. The van der Waals surface area contributed by atoms with Crippen LogP contribution >= 0.6 is 11.3 Å². The number of nitrogens with zero attached hydrogens (tertiary/aromatic N) is 2. The van der Waals surface area contributed by atoms with Crippen molar-refractivity contribution in [2.75, 3.05) is 6.54 Å². The molecule has 0 unspecified atom stereocenters. The molecule has 1 heterocycles. The van der Waals surface area contributed by atoms with Crippen molar-refractivity contribution in [3.05, 3.63) is 16.1 Å². The average molecular weight is 415 g/mol. The van der Waals surface area contributed by atoms with E-state index in [0.29, 0.717) is 11.6 Å². The number of carbonyl (C=O) groups is 3. The van der Waals surface area contributed by atoms with E-state index in [2.05, 4.69) is 4.98 Å². The molecule has 0 saturated carbocycles. The van der Waals surface area contributed by atoms with Gasteiger partial charge in [0.15, 0.2) is 11.8 Å². The number of aromatic nitrogens is 1. The summed E-state index contributed by atoms with van der Waals surface area (Å²) < 4.78 is 10.9. The first kappa shape index (κ1) is 23.9. The van der Waals surface area contributed by atoms with Crippen LogP contribution in [0.4, 0.5) is 4.79 Å². The molecule has 0 saturated heterocycles. The molecule has 0 aliphatic heterocycles. The summed E-state index contributed by atoms with van der Waals surface area (Å²) in [4.78, 5) is 41.1. The van der Waals surface area contributed by atoms with Crippen molar-refractivity contribution in [2.45, 2.75) is 72.6 Å². The van der Waals surface area contributed by atoms with Crippen molar-refractivity contribution >= 4 is 29.4 Å². The van der Waals surface area contributed by atoms with Gasteiger partial charge in [0.25, 0.3) is 0 Å². The Morgan fingerprint density at radius 1 is 1.29 bits per heavy atom. The van der Waals surface area contributed by atoms with Crippen LogP contribution in [0.15, 0.2) is 5.38 Å². The van der Waals surface area contributed by atoms with Crippen LogP contribution in [0.1, 0.15) is 76.5 Å². The van der Waals surface area contributed by atoms with Gasteiger partial charge >= 0.3 is 18.0 Å². The number of carbonyl (C=O) groups excluding carboxylic acids is 2. The Labute approximate surface area is 169 Å². The summed E-state index contributed by atoms with van der Waals surface area (Å²) in [6.07, 6.45) is -0.906. The van der Waals surface area contributed by atoms with Gasteiger partial charge in [-0.25, -0.2) is 14.6 Å². The Morgan fingerprint density at radius 3 is 2.29 bits per heavy atom. The van der Waals surface area contributed by atoms with E-state index in [1.54, 1.807) is 25.7 Å². The fourth-order valence-corrected chi connectivity index (χ4v) is 3.56. The SMILES string of the molecule is CCN(C(=O)OC(C)(C)C)[C@H](C[C@@H](OC(C)=O)c1nc(C(=O)O)cs1)C(C)C. The monoisotopic (exact) mass is 414 g/mol. The van der Waals surface area contributed by atoms with E-state index in [1.165, 1.54) is 12.3 Å². The summed E-state index contributed by atoms with van der Waals surface area (Å²) in [5.41, 5.74) is -0.731. The quantitative estimate of drug-likeness (QED) is 0.638. The topological polar surface area (TPSA) is 106 Å². The minimum atomic E-state index is -1.14. The van der Waals surface area contributed by atoms with Gasteiger partial charge in [0, 0.05) is 31.3 Å². The number of amides is 1. The Morgan fingerprint density at radius 2 is 1.89 bits per heavy atom. The third kappa shape index (κ3) is 7.10. The molecule has 0 bridgehead atoms. The van der Waals surface area contributed by atoms with Crippen LogP contribution in [0.25, 0.3) is 0 Å². The number of aromatic carboxylic acids is 1. The molecule has 0 aromatic carbocycles. The molecule has 1 rings (SSSR count). The van der Waals surface area contributed by atoms with Crippen molar-refractivity contribution < 1.29 is 29.0 Å². The molecule has 0 aliphatic carbocycles. The van der Waals surface area contributed by atoms with Crippen LogP contribution in [-0.2, 0) is 14.3 Å². The van der Waals surface area contributed by atoms with Crippen molar-refractivity contribution in [3.63, 3.8) is 0 Å². The fraction of sp³-hybridized carbons (Fsp3) is 0.684. The third-order valence-electron chi connectivity index (χ3n) is 3.92. The van der Waals surface area contributed by atoms with Crippen LogP contribution in [0.5, 0.6) is 0 Å². The third-order valence-corrected chi connectivity index (χ3v) is 4.86. The molecular formula is C19H30N2O6S. The largest absolute Gasteiger partial charge is 0.476 e. The Kier molecular flexibility index (Phi) is 8.41. The zero-order valence-corrected chi connectivity index (χ0v) is 18.3. The van der Waals surface area contributed by atoms with Gasteiger partial charge < -0.3 is 19.5 Å². The number of thiazole rings is 1. The van der Waals surface area contributed by atoms with Crippen molar-refractivity contribution in [1.82, 2.24) is 9.88 Å². The number of hydrogen-bond acceptors (Lipinski definition) is 7. The standard InChI is InChI=1S/C19H30N2O6S/c1-8-21(18(25)27-19(5,6)7)14(11(2)3)9-15(26-12(4)22)16-20-13(10-28-16)17(23)24/h10-11,14-15H,8-9H2,1-7H3,(H,23,24)/t14-,15-/m1/s1. The van der Waals surface area contributed by atoms with Gasteiger partial charge in [-0.15, -0.1) is 11.3 Å². The number of rotatable bonds is 8. The maximum atomic E-state index is 12.7. The van der Waals surface area contributed by atoms with E-state index in [4.69, 9.17) is 14.6 Å². The van der Waals surface area contributed by atoms with E-state index >= 15 is 0 Å². The van der Waals surface area contributed by atoms with Crippen molar-refractivity contribution in [3.8, 4) is 0 Å². The van der Waals surface area contributed by atoms with Gasteiger partial charge in [0.1, 0.15) is 10.6 Å². The van der Waals surface area contributed by atoms with E-state index in [-0.39, 0.29) is 24.1 Å². The summed E-state index contributed by atoms with van der Waals surface area (Å²) in [6, 6.07) is -0.290. The maximum absolute atomic E-state index is 12.7. The average Bonchev–Trinajstić information content (AvgIpc) is 3.01. The van der Waals surface area contributed by atoms with Crippen molar-refractivity contribution in [2.24, 2.45) is 5.92 Å². The second kappa shape index (κ2) is 9.86. The van der Waals surface area contributed by atoms with Gasteiger partial charge in [-0.05, 0) is 33.6 Å². The Balaban J connectivity index is 3.15. The summed E-state index contributed by atoms with van der Waals surface area (Å²) in [5, 5.41) is 10.9. The van der Waals surface area contributed by atoms with Gasteiger partial charge in [-0.3, -0.25) is 4.79 Å². The normalized spacial score (nSPS) is 13.7. The molecule has 0 spiro atoms. The first-order valence-corrected chi connectivity index (χ1v) is 10.1. The lowest BCUT2D eigenvalue weighted by Crippen LogP contribution is -2.46. The van der Waals surface area contributed by atoms with Gasteiger partial charge in [0.05, 0.1) is 0 Å². The zero-order chi connectivity index (χ0) is 21.6. The highest BCUT2D eigenvalue weighted by molar-refractivity contribution is 7.09. The second-order valence-corrected chi connectivity index (χ2v) is 8.68. The van der Waals surface area contributed by atoms with Crippen LogP contribution in [-0.4, -0.2) is 51.2 Å². The molecular weight excluding hydrogens is 384 g/mol. The molecule has 0 aliphatic rings. The predicted octanol–water partition coefficient (Wildman–Crippen LogP) is 4.12. The van der Waals surface area contributed by atoms with Crippen LogP contribution in [0, 0.1) is 5.92 Å². The molecule has 1 aromatic rings. The molecule has 1 aromatic heterocycles. The van der Waals surface area contributed by atoms with E-state index < -0.39 is 29.7 Å². The summed E-state index contributed by atoms with van der Waals surface area (Å²) in [6.45, 7) is 12.9. The van der Waals surface area contributed by atoms with E-state index in [1.807, 2.05) is 20.8 Å². The number of esters is 1. The lowest BCUT2D eigenvalue weighted by atomic mass is 9.96. The summed E-state index contributed by atoms with van der Waals surface area (Å²) >= 11 is 1.12. The number of carboxylic acids is 1. The molecule has 158 valence electrons. The minimum Gasteiger partial charge on any atom is -0.476 e. The van der Waals surface area contributed by atoms with E-state index in [9.17, 15) is 14.4 Å². The highest BCUT2D eigenvalue weighted by Gasteiger charge is 2.33. The second-order valence-electron chi connectivity index (χ2n) is 7.79. The number of hydrogen-bond donors (Lipinski definition) is 1. The molecule has 1 N–H and O–H groups in total. The molecule has 9 heteroatoms. The smallest absolute Gasteiger partial charge is 0.410 e. The molecule has 2 atom stereocenters. The molecule has 28 heavy (non-hydrogen) atoms. The highest BCUT2D eigenvalue weighted by Crippen LogP contribution is 2.31. The van der Waals surface area contributed by atoms with Crippen molar-refractivity contribution in [1.29, 1.82) is 0 Å². The molecule has 8 nitrogen and oxygen atoms in total. The Hall–Kier alpha value is -2.16. The van der Waals surface area contributed by atoms with Crippen LogP contribution < -0.4 is 0 Å². The van der Waals surface area contributed by atoms with Crippen LogP contribution in [0.2, 0.25) is 0 Å². The fourth-order valence-electron chi connectivity index (χ4n) is 2.73. The maximum Gasteiger partial charge on any atom is 0.410 e. The molecule has 0 radical (unpaired) electrons. The van der Waals surface area contributed by atoms with Gasteiger partial charge in [-0.2, -0.15) is 0 Å². The number of ether oxygens (including phenoxy) is 2. The molecule has 1 amide bonds. The Bertz CT molecular complexity index is 695. The summed E-state index contributed by atoms with van der Waals surface area (Å²) in [7, 11) is 0.